The fraction of sp³-hybridized carbons (Fsp3) is 0.233. The predicted octanol–water partition coefficient (Wildman–Crippen LogP) is 5.77. The van der Waals surface area contributed by atoms with Crippen molar-refractivity contribution in [3.05, 3.63) is 101 Å². The SMILES string of the molecule is CCOC(=O)C1=C(C)N=c2s/c(=C/c3ccc(-c4ccc(Cl)c(Cl)c4)o3)c(=O)n2[C@H]1c1cccc(OC)c1OCC. The molecule has 4 aromatic rings. The zero-order valence-electron chi connectivity index (χ0n) is 22.7. The summed E-state index contributed by atoms with van der Waals surface area (Å²) >= 11 is 13.4. The Kier molecular flexibility index (Phi) is 8.40. The van der Waals surface area contributed by atoms with E-state index in [-0.39, 0.29) is 17.7 Å². The molecule has 0 saturated carbocycles. The molecule has 5 rings (SSSR count). The van der Waals surface area contributed by atoms with Crippen molar-refractivity contribution < 1.29 is 23.4 Å². The van der Waals surface area contributed by atoms with Crippen LogP contribution < -0.4 is 24.4 Å². The third-order valence-corrected chi connectivity index (χ3v) is 8.16. The summed E-state index contributed by atoms with van der Waals surface area (Å²) in [4.78, 5) is 32.3. The van der Waals surface area contributed by atoms with E-state index in [1.165, 1.54) is 23.0 Å². The molecule has 0 fully saturated rings. The van der Waals surface area contributed by atoms with Crippen LogP contribution in [0.2, 0.25) is 10.0 Å². The van der Waals surface area contributed by atoms with Crippen LogP contribution in [-0.4, -0.2) is 30.9 Å². The molecule has 0 aliphatic carbocycles. The molecule has 0 bridgehead atoms. The van der Waals surface area contributed by atoms with Crippen LogP contribution >= 0.6 is 34.5 Å². The van der Waals surface area contributed by atoms with Gasteiger partial charge in [0.1, 0.15) is 17.6 Å². The third kappa shape index (κ3) is 5.45. The highest BCUT2D eigenvalue weighted by molar-refractivity contribution is 7.07. The van der Waals surface area contributed by atoms with E-state index < -0.39 is 12.0 Å². The van der Waals surface area contributed by atoms with Crippen molar-refractivity contribution in [1.82, 2.24) is 4.57 Å². The lowest BCUT2D eigenvalue weighted by atomic mass is 9.94. The standard InChI is InChI=1S/C30H26Cl2N2O6S/c1-5-38-27-19(8-7-9-23(27)37-4)26-25(29(36)39-6-2)16(3)33-30-34(26)28(35)24(41-30)15-18-11-13-22(40-18)17-10-12-20(31)21(32)14-17/h7-15,26H,5-6H2,1-4H3/b24-15+/t26-/m0/s1. The lowest BCUT2D eigenvalue weighted by Gasteiger charge is -2.26. The summed E-state index contributed by atoms with van der Waals surface area (Å²) in [5.74, 6) is 1.39. The zero-order valence-corrected chi connectivity index (χ0v) is 25.0. The predicted molar refractivity (Wildman–Crippen MR) is 159 cm³/mol. The van der Waals surface area contributed by atoms with Crippen LogP contribution in [-0.2, 0) is 9.53 Å². The minimum atomic E-state index is -0.854. The first-order valence-corrected chi connectivity index (χ1v) is 14.4. The number of carbonyl (C=O) groups is 1. The Labute approximate surface area is 249 Å². The molecular weight excluding hydrogens is 587 g/mol. The first-order valence-electron chi connectivity index (χ1n) is 12.8. The molecule has 0 saturated heterocycles. The topological polar surface area (TPSA) is 92.3 Å². The second-order valence-corrected chi connectivity index (χ2v) is 10.8. The number of halogens is 2. The normalized spacial score (nSPS) is 15.0. The van der Waals surface area contributed by atoms with Gasteiger partial charge in [0.2, 0.25) is 0 Å². The van der Waals surface area contributed by atoms with Gasteiger partial charge in [0.15, 0.2) is 16.3 Å². The van der Waals surface area contributed by atoms with Crippen LogP contribution in [0.15, 0.2) is 74.0 Å². The van der Waals surface area contributed by atoms with Crippen LogP contribution in [0, 0.1) is 0 Å². The molecule has 1 aliphatic rings. The number of furan rings is 1. The molecule has 2 aromatic carbocycles. The first-order chi connectivity index (χ1) is 19.8. The van der Waals surface area contributed by atoms with Gasteiger partial charge in [-0.15, -0.1) is 0 Å². The van der Waals surface area contributed by atoms with E-state index in [0.29, 0.717) is 60.3 Å². The summed E-state index contributed by atoms with van der Waals surface area (Å²) in [5, 5.41) is 0.853. The van der Waals surface area contributed by atoms with E-state index >= 15 is 0 Å². The van der Waals surface area contributed by atoms with Crippen LogP contribution in [0.3, 0.4) is 0 Å². The summed E-state index contributed by atoms with van der Waals surface area (Å²) in [5.41, 5.74) is 1.69. The van der Waals surface area contributed by atoms with Gasteiger partial charge in [-0.05, 0) is 57.2 Å². The molecule has 0 spiro atoms. The second-order valence-electron chi connectivity index (χ2n) is 8.94. The average molecular weight is 614 g/mol. The number of aromatic nitrogens is 1. The highest BCUT2D eigenvalue weighted by Crippen LogP contribution is 2.40. The van der Waals surface area contributed by atoms with Crippen molar-refractivity contribution in [2.24, 2.45) is 4.99 Å². The number of para-hydroxylation sites is 1. The minimum absolute atomic E-state index is 0.169. The summed E-state index contributed by atoms with van der Waals surface area (Å²) in [6.45, 7) is 5.83. The number of allylic oxidation sites excluding steroid dienone is 1. The number of ether oxygens (including phenoxy) is 3. The Hall–Kier alpha value is -3.79. The summed E-state index contributed by atoms with van der Waals surface area (Å²) in [6, 6.07) is 13.3. The molecule has 0 N–H and O–H groups in total. The Morgan fingerprint density at radius 3 is 2.63 bits per heavy atom. The Morgan fingerprint density at radius 1 is 1.12 bits per heavy atom. The van der Waals surface area contributed by atoms with E-state index in [2.05, 4.69) is 4.99 Å². The average Bonchev–Trinajstić information content (AvgIpc) is 3.54. The molecule has 0 unspecified atom stereocenters. The number of carbonyl (C=O) groups excluding carboxylic acids is 1. The molecular formula is C30H26Cl2N2O6S. The van der Waals surface area contributed by atoms with Gasteiger partial charge in [0.05, 0.1) is 46.2 Å². The minimum Gasteiger partial charge on any atom is -0.493 e. The number of thiazole rings is 1. The monoisotopic (exact) mass is 612 g/mol. The maximum absolute atomic E-state index is 14.0. The Morgan fingerprint density at radius 2 is 1.93 bits per heavy atom. The molecule has 212 valence electrons. The smallest absolute Gasteiger partial charge is 0.338 e. The third-order valence-electron chi connectivity index (χ3n) is 6.43. The zero-order chi connectivity index (χ0) is 29.3. The van der Waals surface area contributed by atoms with E-state index in [4.69, 9.17) is 41.8 Å². The molecule has 41 heavy (non-hydrogen) atoms. The maximum Gasteiger partial charge on any atom is 0.338 e. The van der Waals surface area contributed by atoms with Gasteiger partial charge in [-0.2, -0.15) is 0 Å². The quantitative estimate of drug-likeness (QED) is 0.234. The number of methoxy groups -OCH3 is 1. The summed E-state index contributed by atoms with van der Waals surface area (Å²) in [7, 11) is 1.54. The Bertz CT molecular complexity index is 1850. The van der Waals surface area contributed by atoms with Gasteiger partial charge < -0.3 is 18.6 Å². The molecule has 1 aliphatic heterocycles. The summed E-state index contributed by atoms with van der Waals surface area (Å²) in [6.07, 6.45) is 1.65. The van der Waals surface area contributed by atoms with Crippen molar-refractivity contribution >= 4 is 46.6 Å². The van der Waals surface area contributed by atoms with Gasteiger partial charge in [-0.25, -0.2) is 9.79 Å². The number of fused-ring (bicyclic) bond motifs is 1. The molecule has 11 heteroatoms. The number of rotatable bonds is 8. The van der Waals surface area contributed by atoms with E-state index in [0.717, 1.165) is 5.56 Å². The highest BCUT2D eigenvalue weighted by atomic mass is 35.5. The number of benzene rings is 2. The molecule has 0 radical (unpaired) electrons. The van der Waals surface area contributed by atoms with Crippen LogP contribution in [0.4, 0.5) is 0 Å². The fourth-order valence-electron chi connectivity index (χ4n) is 4.66. The van der Waals surface area contributed by atoms with Crippen molar-refractivity contribution in [3.63, 3.8) is 0 Å². The number of nitrogens with zero attached hydrogens (tertiary/aromatic N) is 2. The Balaban J connectivity index is 1.68. The van der Waals surface area contributed by atoms with E-state index in [9.17, 15) is 9.59 Å². The highest BCUT2D eigenvalue weighted by Gasteiger charge is 2.36. The number of esters is 1. The van der Waals surface area contributed by atoms with Gasteiger partial charge in [-0.3, -0.25) is 9.36 Å². The molecule has 0 amide bonds. The van der Waals surface area contributed by atoms with Crippen LogP contribution in [0.1, 0.15) is 38.1 Å². The lowest BCUT2D eigenvalue weighted by Crippen LogP contribution is -2.40. The molecule has 1 atom stereocenters. The second kappa shape index (κ2) is 12.0. The van der Waals surface area contributed by atoms with Crippen LogP contribution in [0.25, 0.3) is 17.4 Å². The van der Waals surface area contributed by atoms with Crippen molar-refractivity contribution in [3.8, 4) is 22.8 Å². The van der Waals surface area contributed by atoms with E-state index in [1.54, 1.807) is 62.4 Å². The maximum atomic E-state index is 14.0. The molecule has 3 heterocycles. The van der Waals surface area contributed by atoms with Crippen LogP contribution in [0.5, 0.6) is 11.5 Å². The van der Waals surface area contributed by atoms with Gasteiger partial charge >= 0.3 is 5.97 Å². The molecule has 2 aromatic heterocycles. The van der Waals surface area contributed by atoms with Gasteiger partial charge in [-0.1, -0.05) is 46.7 Å². The fourth-order valence-corrected chi connectivity index (χ4v) is 5.98. The van der Waals surface area contributed by atoms with Crippen molar-refractivity contribution in [2.45, 2.75) is 26.8 Å². The summed E-state index contributed by atoms with van der Waals surface area (Å²) < 4.78 is 24.8. The number of hydrogen-bond acceptors (Lipinski definition) is 8. The van der Waals surface area contributed by atoms with Crippen molar-refractivity contribution in [1.29, 1.82) is 0 Å². The first kappa shape index (κ1) is 28.7. The lowest BCUT2D eigenvalue weighted by molar-refractivity contribution is -0.139. The number of hydrogen-bond donors (Lipinski definition) is 0. The molecule has 8 nitrogen and oxygen atoms in total. The largest absolute Gasteiger partial charge is 0.493 e. The van der Waals surface area contributed by atoms with E-state index in [1.807, 2.05) is 13.0 Å². The van der Waals surface area contributed by atoms with Gasteiger partial charge in [0.25, 0.3) is 5.56 Å². The van der Waals surface area contributed by atoms with Gasteiger partial charge in [0, 0.05) is 17.2 Å². The van der Waals surface area contributed by atoms with Crippen molar-refractivity contribution in [2.75, 3.05) is 20.3 Å².